The summed E-state index contributed by atoms with van der Waals surface area (Å²) in [5.74, 6) is -3.87. The fraction of sp³-hybridized carbons (Fsp3) is 0.390. The molecule has 4 aromatic rings. The molecular weight excluding hydrogens is 770 g/mol. The lowest BCUT2D eigenvalue weighted by Gasteiger charge is -2.40. The first-order valence-electron chi connectivity index (χ1n) is 17.9. The van der Waals surface area contributed by atoms with Gasteiger partial charge in [0.2, 0.25) is 0 Å². The van der Waals surface area contributed by atoms with E-state index in [-0.39, 0.29) is 41.7 Å². The summed E-state index contributed by atoms with van der Waals surface area (Å²) >= 11 is 0. The van der Waals surface area contributed by atoms with Crippen molar-refractivity contribution in [2.24, 2.45) is 0 Å². The third kappa shape index (κ3) is 13.2. The summed E-state index contributed by atoms with van der Waals surface area (Å²) in [5, 5.41) is 9.10. The number of carboxylic acids is 1. The molecule has 58 heavy (non-hydrogen) atoms. The van der Waals surface area contributed by atoms with Crippen molar-refractivity contribution in [3.05, 3.63) is 96.1 Å². The number of nitrogens with zero attached hydrogens (tertiary/aromatic N) is 3. The number of ether oxygens (including phenoxy) is 5. The zero-order valence-electron chi connectivity index (χ0n) is 33.5. The largest absolute Gasteiger partial charge is 0.490 e. The summed E-state index contributed by atoms with van der Waals surface area (Å²) in [4.78, 5) is 55.9. The van der Waals surface area contributed by atoms with E-state index in [0.29, 0.717) is 21.7 Å². The van der Waals surface area contributed by atoms with E-state index in [1.807, 2.05) is 19.9 Å². The van der Waals surface area contributed by atoms with Crippen LogP contribution in [0.3, 0.4) is 0 Å². The van der Waals surface area contributed by atoms with Crippen molar-refractivity contribution in [3.63, 3.8) is 0 Å². The highest BCUT2D eigenvalue weighted by Gasteiger charge is 2.45. The number of hydrazine groups is 1. The first-order chi connectivity index (χ1) is 26.9. The number of anilines is 1. The zero-order chi connectivity index (χ0) is 43.6. The molecule has 0 aliphatic rings. The van der Waals surface area contributed by atoms with Gasteiger partial charge < -0.3 is 28.8 Å². The highest BCUT2D eigenvalue weighted by atomic mass is 19.4. The SMILES string of the molecule is CCOc1cc(C(C(=O)OCc2ccccc2)N(c2ccc3cnccc3c2F)N(C(=O)OC(C)(C)C)C(=O)OC(C)(C)C)ccc1OC(C)C.O=C(O)C(F)(F)F. The number of carbonyl (C=O) groups excluding carboxylic acids is 3. The molecular formula is C41H47F4N3O10. The van der Waals surface area contributed by atoms with E-state index in [1.54, 1.807) is 90.9 Å². The quantitative estimate of drug-likeness (QED) is 0.0664. The molecule has 17 heteroatoms. The van der Waals surface area contributed by atoms with E-state index < -0.39 is 53.4 Å². The Morgan fingerprint density at radius 2 is 1.41 bits per heavy atom. The normalized spacial score (nSPS) is 12.1. The maximum absolute atomic E-state index is 16.9. The van der Waals surface area contributed by atoms with Crippen molar-refractivity contribution >= 4 is 40.6 Å². The number of alkyl halides is 3. The van der Waals surface area contributed by atoms with Gasteiger partial charge in [0.05, 0.1) is 18.4 Å². The van der Waals surface area contributed by atoms with Gasteiger partial charge in [0.25, 0.3) is 0 Å². The van der Waals surface area contributed by atoms with Gasteiger partial charge >= 0.3 is 30.3 Å². The number of benzene rings is 3. The van der Waals surface area contributed by atoms with Gasteiger partial charge in [-0.3, -0.25) is 4.98 Å². The van der Waals surface area contributed by atoms with Crippen molar-refractivity contribution in [1.29, 1.82) is 0 Å². The van der Waals surface area contributed by atoms with Crippen LogP contribution in [0.1, 0.15) is 79.5 Å². The number of aliphatic carboxylic acids is 1. The van der Waals surface area contributed by atoms with Crippen LogP contribution < -0.4 is 14.5 Å². The van der Waals surface area contributed by atoms with Gasteiger partial charge in [-0.05, 0) is 97.7 Å². The molecule has 1 unspecified atom stereocenters. The van der Waals surface area contributed by atoms with Crippen LogP contribution in [0.25, 0.3) is 10.8 Å². The predicted molar refractivity (Wildman–Crippen MR) is 205 cm³/mol. The Hall–Kier alpha value is -6.13. The first kappa shape index (κ1) is 46.3. The molecule has 1 aromatic heterocycles. The van der Waals surface area contributed by atoms with Crippen LogP contribution in [0.4, 0.5) is 32.8 Å². The van der Waals surface area contributed by atoms with Crippen molar-refractivity contribution in [3.8, 4) is 11.5 Å². The highest BCUT2D eigenvalue weighted by molar-refractivity contribution is 5.95. The van der Waals surface area contributed by atoms with Gasteiger partial charge in [0, 0.05) is 23.2 Å². The number of hydrogen-bond donors (Lipinski definition) is 1. The smallest absolute Gasteiger partial charge is 0.490 e. The summed E-state index contributed by atoms with van der Waals surface area (Å²) in [6, 6.07) is 16.3. The molecule has 1 heterocycles. The van der Waals surface area contributed by atoms with Crippen molar-refractivity contribution in [2.45, 2.75) is 98.4 Å². The summed E-state index contributed by atoms with van der Waals surface area (Å²) in [6.45, 7) is 15.2. The Labute approximate surface area is 333 Å². The molecule has 0 saturated carbocycles. The van der Waals surface area contributed by atoms with Crippen LogP contribution >= 0.6 is 0 Å². The average molecular weight is 818 g/mol. The summed E-state index contributed by atoms with van der Waals surface area (Å²) in [7, 11) is 0. The number of pyridine rings is 1. The van der Waals surface area contributed by atoms with Crippen LogP contribution in [0.2, 0.25) is 0 Å². The number of imide groups is 1. The number of rotatable bonds is 11. The predicted octanol–water partition coefficient (Wildman–Crippen LogP) is 9.57. The maximum atomic E-state index is 16.9. The van der Waals surface area contributed by atoms with Crippen LogP contribution in [0.15, 0.2) is 79.1 Å². The lowest BCUT2D eigenvalue weighted by atomic mass is 10.0. The van der Waals surface area contributed by atoms with E-state index in [4.69, 9.17) is 33.6 Å². The minimum Gasteiger partial charge on any atom is -0.490 e. The van der Waals surface area contributed by atoms with Gasteiger partial charge in [-0.2, -0.15) is 13.2 Å². The van der Waals surface area contributed by atoms with Crippen molar-refractivity contribution < 1.29 is 65.5 Å². The van der Waals surface area contributed by atoms with Gasteiger partial charge in [0.15, 0.2) is 23.4 Å². The number of aromatic nitrogens is 1. The number of hydrogen-bond acceptors (Lipinski definition) is 11. The molecule has 0 fully saturated rings. The second-order valence-corrected chi connectivity index (χ2v) is 14.7. The third-order valence-electron chi connectivity index (χ3n) is 7.21. The zero-order valence-corrected chi connectivity index (χ0v) is 33.5. The number of carbonyl (C=O) groups is 4. The van der Waals surface area contributed by atoms with E-state index >= 15 is 4.39 Å². The van der Waals surface area contributed by atoms with Crippen molar-refractivity contribution in [2.75, 3.05) is 11.6 Å². The third-order valence-corrected chi connectivity index (χ3v) is 7.21. The van der Waals surface area contributed by atoms with E-state index in [0.717, 1.165) is 5.01 Å². The van der Waals surface area contributed by atoms with Crippen LogP contribution in [-0.4, -0.2) is 69.3 Å². The minimum absolute atomic E-state index is 0.118. The second-order valence-electron chi connectivity index (χ2n) is 14.7. The summed E-state index contributed by atoms with van der Waals surface area (Å²) in [5.41, 5.74) is -1.70. The molecule has 1 N–H and O–H groups in total. The van der Waals surface area contributed by atoms with Gasteiger partial charge in [-0.15, -0.1) is 5.01 Å². The van der Waals surface area contributed by atoms with E-state index in [9.17, 15) is 27.6 Å². The van der Waals surface area contributed by atoms with Crippen LogP contribution in [-0.2, 0) is 30.4 Å². The molecule has 3 aromatic carbocycles. The van der Waals surface area contributed by atoms with E-state index in [1.165, 1.54) is 30.6 Å². The van der Waals surface area contributed by atoms with Gasteiger partial charge in [-0.1, -0.05) is 42.5 Å². The Morgan fingerprint density at radius 3 is 1.93 bits per heavy atom. The standard InChI is InChI=1S/C39H46FN3O8.C2HF3O2/c1-10-47-32-22-27(17-19-31(32)49-25(2)3)34(35(44)48-24-26-14-12-11-13-15-26)42(30-18-16-28-23-41-21-20-29(28)33(30)40)43(36(45)50-38(4,5)6)37(46)51-39(7,8)9;3-2(4,5)1(6)7/h11-23,25,34H,10,24H2,1-9H3;(H,6,7). The molecule has 2 amide bonds. The minimum atomic E-state index is -5.08. The molecule has 0 aliphatic carbocycles. The molecule has 1 atom stereocenters. The lowest BCUT2D eigenvalue weighted by Crippen LogP contribution is -2.56. The number of carboxylic acid groups (broad SMARTS) is 1. The first-order valence-corrected chi connectivity index (χ1v) is 17.9. The molecule has 13 nitrogen and oxygen atoms in total. The van der Waals surface area contributed by atoms with Gasteiger partial charge in [-0.25, -0.2) is 28.6 Å². The number of halogens is 4. The fourth-order valence-corrected chi connectivity index (χ4v) is 5.02. The molecule has 0 radical (unpaired) electrons. The Morgan fingerprint density at radius 1 is 0.828 bits per heavy atom. The van der Waals surface area contributed by atoms with Crippen LogP contribution in [0.5, 0.6) is 11.5 Å². The molecule has 4 rings (SSSR count). The Balaban J connectivity index is 0.00000117. The molecule has 0 aliphatic heterocycles. The summed E-state index contributed by atoms with van der Waals surface area (Å²) < 4.78 is 77.8. The maximum Gasteiger partial charge on any atom is 0.490 e. The number of amides is 2. The van der Waals surface area contributed by atoms with Crippen molar-refractivity contribution in [1.82, 2.24) is 9.99 Å². The topological polar surface area (TPSA) is 154 Å². The molecule has 0 spiro atoms. The van der Waals surface area contributed by atoms with Gasteiger partial charge in [0.1, 0.15) is 17.8 Å². The van der Waals surface area contributed by atoms with Crippen LogP contribution in [0, 0.1) is 5.82 Å². The molecule has 0 bridgehead atoms. The van der Waals surface area contributed by atoms with E-state index in [2.05, 4.69) is 4.98 Å². The fourth-order valence-electron chi connectivity index (χ4n) is 5.02. The molecule has 314 valence electrons. The average Bonchev–Trinajstić information content (AvgIpc) is 3.10. The monoisotopic (exact) mass is 817 g/mol. The summed E-state index contributed by atoms with van der Waals surface area (Å²) in [6.07, 6.45) is -4.87. The number of fused-ring (bicyclic) bond motifs is 1. The molecule has 0 saturated heterocycles. The number of esters is 1. The lowest BCUT2D eigenvalue weighted by molar-refractivity contribution is -0.192. The second kappa shape index (κ2) is 19.3. The Kier molecular flexibility index (Phi) is 15.4. The Bertz CT molecular complexity index is 2020. The highest BCUT2D eigenvalue weighted by Crippen LogP contribution is 2.40.